The molecule has 0 spiro atoms. The van der Waals surface area contributed by atoms with Crippen LogP contribution >= 0.6 is 0 Å². The lowest BCUT2D eigenvalue weighted by molar-refractivity contribution is -0.117. The predicted octanol–water partition coefficient (Wildman–Crippen LogP) is 1.09. The maximum Gasteiger partial charge on any atom is 0.352 e. The number of carbonyl (C=O) groups is 2. The Morgan fingerprint density at radius 2 is 2.00 bits per heavy atom. The molecule has 3 rings (SSSR count). The SMILES string of the molecule is CC(=O)Cn1c(C(=O)O)cc(S(=O)(=O)N2CCn3cccc3C2)c1C. The van der Waals surface area contributed by atoms with Crippen LogP contribution in [0, 0.1) is 6.92 Å². The zero-order chi connectivity index (χ0) is 18.4. The molecule has 8 nitrogen and oxygen atoms in total. The third-order valence-corrected chi connectivity index (χ3v) is 6.35. The number of carbonyl (C=O) groups excluding carboxylic acids is 1. The molecule has 1 aliphatic rings. The number of Topliss-reactive ketones (excluding diaryl/α,β-unsaturated/α-hetero) is 1. The summed E-state index contributed by atoms with van der Waals surface area (Å²) in [5, 5.41) is 9.35. The fourth-order valence-electron chi connectivity index (χ4n) is 3.12. The predicted molar refractivity (Wildman–Crippen MR) is 88.8 cm³/mol. The standard InChI is InChI=1S/C16H19N3O5S/c1-11(20)9-19-12(2)15(8-14(19)16(21)22)25(23,24)18-7-6-17-5-3-4-13(17)10-18/h3-5,8H,6-7,9-10H2,1-2H3,(H,21,22). The normalized spacial score (nSPS) is 15.1. The van der Waals surface area contributed by atoms with Gasteiger partial charge in [-0.2, -0.15) is 4.31 Å². The molecule has 0 saturated carbocycles. The topological polar surface area (TPSA) is 102 Å². The van der Waals surface area contributed by atoms with E-state index in [0.29, 0.717) is 13.1 Å². The average molecular weight is 365 g/mol. The van der Waals surface area contributed by atoms with Crippen LogP contribution in [0.25, 0.3) is 0 Å². The van der Waals surface area contributed by atoms with Gasteiger partial charge in [0.2, 0.25) is 10.0 Å². The van der Waals surface area contributed by atoms with Crippen LogP contribution in [0.15, 0.2) is 29.3 Å². The second-order valence-electron chi connectivity index (χ2n) is 6.10. The molecular weight excluding hydrogens is 346 g/mol. The van der Waals surface area contributed by atoms with Crippen LogP contribution < -0.4 is 0 Å². The zero-order valence-corrected chi connectivity index (χ0v) is 14.8. The number of ketones is 1. The number of fused-ring (bicyclic) bond motifs is 1. The summed E-state index contributed by atoms with van der Waals surface area (Å²) in [6.45, 7) is 3.76. The Bertz CT molecular complexity index is 955. The lowest BCUT2D eigenvalue weighted by Gasteiger charge is -2.27. The van der Waals surface area contributed by atoms with Gasteiger partial charge in [0.25, 0.3) is 0 Å². The van der Waals surface area contributed by atoms with Crippen molar-refractivity contribution in [2.24, 2.45) is 0 Å². The molecule has 25 heavy (non-hydrogen) atoms. The van der Waals surface area contributed by atoms with Crippen LogP contribution in [0.5, 0.6) is 0 Å². The van der Waals surface area contributed by atoms with E-state index < -0.39 is 16.0 Å². The number of hydrogen-bond acceptors (Lipinski definition) is 4. The summed E-state index contributed by atoms with van der Waals surface area (Å²) in [7, 11) is -3.86. The summed E-state index contributed by atoms with van der Waals surface area (Å²) in [5.41, 5.74) is 0.939. The van der Waals surface area contributed by atoms with E-state index >= 15 is 0 Å². The highest BCUT2D eigenvalue weighted by molar-refractivity contribution is 7.89. The number of carboxylic acid groups (broad SMARTS) is 1. The van der Waals surface area contributed by atoms with E-state index in [1.54, 1.807) is 0 Å². The first kappa shape index (κ1) is 17.4. The van der Waals surface area contributed by atoms with Crippen molar-refractivity contribution in [2.45, 2.75) is 38.4 Å². The average Bonchev–Trinajstić information content (AvgIpc) is 3.11. The van der Waals surface area contributed by atoms with E-state index in [2.05, 4.69) is 0 Å². The van der Waals surface area contributed by atoms with E-state index in [1.807, 2.05) is 22.9 Å². The van der Waals surface area contributed by atoms with Gasteiger partial charge in [0.1, 0.15) is 16.4 Å². The minimum atomic E-state index is -3.86. The second-order valence-corrected chi connectivity index (χ2v) is 8.01. The third-order valence-electron chi connectivity index (χ3n) is 4.39. The molecule has 0 saturated heterocycles. The van der Waals surface area contributed by atoms with Crippen LogP contribution in [0.3, 0.4) is 0 Å². The molecule has 2 aromatic heterocycles. The van der Waals surface area contributed by atoms with Gasteiger partial charge in [-0.1, -0.05) is 0 Å². The maximum absolute atomic E-state index is 13.0. The minimum Gasteiger partial charge on any atom is -0.477 e. The highest BCUT2D eigenvalue weighted by atomic mass is 32.2. The largest absolute Gasteiger partial charge is 0.477 e. The van der Waals surface area contributed by atoms with Gasteiger partial charge in [0.05, 0.1) is 13.1 Å². The zero-order valence-electron chi connectivity index (χ0n) is 14.0. The van der Waals surface area contributed by atoms with Crippen LogP contribution in [0.2, 0.25) is 0 Å². The lowest BCUT2D eigenvalue weighted by atomic mass is 10.3. The van der Waals surface area contributed by atoms with E-state index in [4.69, 9.17) is 0 Å². The number of sulfonamides is 1. The molecule has 1 aliphatic heterocycles. The molecule has 0 unspecified atom stereocenters. The first-order valence-corrected chi connectivity index (χ1v) is 9.23. The molecule has 1 N–H and O–H groups in total. The molecule has 2 aromatic rings. The maximum atomic E-state index is 13.0. The number of rotatable bonds is 5. The van der Waals surface area contributed by atoms with Gasteiger partial charge >= 0.3 is 5.97 Å². The second kappa shape index (κ2) is 6.16. The fourth-order valence-corrected chi connectivity index (χ4v) is 4.77. The first-order chi connectivity index (χ1) is 11.7. The van der Waals surface area contributed by atoms with Crippen molar-refractivity contribution in [3.63, 3.8) is 0 Å². The van der Waals surface area contributed by atoms with Crippen molar-refractivity contribution in [1.82, 2.24) is 13.4 Å². The number of aromatic carboxylic acids is 1. The molecule has 0 radical (unpaired) electrons. The Hall–Kier alpha value is -2.39. The molecule has 0 aliphatic carbocycles. The van der Waals surface area contributed by atoms with Crippen LogP contribution in [-0.2, 0) is 34.5 Å². The molecule has 0 aromatic carbocycles. The van der Waals surface area contributed by atoms with Crippen LogP contribution in [0.4, 0.5) is 0 Å². The Balaban J connectivity index is 2.03. The van der Waals surface area contributed by atoms with Crippen molar-refractivity contribution in [3.05, 3.63) is 41.5 Å². The number of carboxylic acids is 1. The number of aromatic nitrogens is 2. The minimum absolute atomic E-state index is 0.0637. The number of hydrogen-bond donors (Lipinski definition) is 1. The molecule has 3 heterocycles. The number of nitrogens with zero attached hydrogens (tertiary/aromatic N) is 3. The molecule has 0 fully saturated rings. The van der Waals surface area contributed by atoms with Crippen LogP contribution in [-0.4, -0.2) is 45.3 Å². The Kier molecular flexibility index (Phi) is 4.29. The van der Waals surface area contributed by atoms with Gasteiger partial charge in [0, 0.05) is 30.7 Å². The quantitative estimate of drug-likeness (QED) is 0.855. The van der Waals surface area contributed by atoms with E-state index in [1.165, 1.54) is 22.7 Å². The van der Waals surface area contributed by atoms with Crippen molar-refractivity contribution in [1.29, 1.82) is 0 Å². The molecular formula is C16H19N3O5S. The van der Waals surface area contributed by atoms with Crippen LogP contribution in [0.1, 0.15) is 28.8 Å². The summed E-state index contributed by atoms with van der Waals surface area (Å²) < 4.78 is 30.6. The van der Waals surface area contributed by atoms with Crippen molar-refractivity contribution >= 4 is 21.8 Å². The Morgan fingerprint density at radius 1 is 1.28 bits per heavy atom. The highest BCUT2D eigenvalue weighted by Gasteiger charge is 2.33. The van der Waals surface area contributed by atoms with Crippen molar-refractivity contribution in [3.8, 4) is 0 Å². The van der Waals surface area contributed by atoms with E-state index in [0.717, 1.165) is 11.8 Å². The molecule has 0 bridgehead atoms. The summed E-state index contributed by atoms with van der Waals surface area (Å²) >= 11 is 0. The van der Waals surface area contributed by atoms with E-state index in [-0.39, 0.29) is 35.2 Å². The lowest BCUT2D eigenvalue weighted by Crippen LogP contribution is -2.38. The summed E-state index contributed by atoms with van der Waals surface area (Å²) in [4.78, 5) is 22.8. The van der Waals surface area contributed by atoms with E-state index in [9.17, 15) is 23.1 Å². The third kappa shape index (κ3) is 3.00. The smallest absolute Gasteiger partial charge is 0.352 e. The molecule has 134 valence electrons. The summed E-state index contributed by atoms with van der Waals surface area (Å²) in [6, 6.07) is 4.87. The van der Waals surface area contributed by atoms with Gasteiger partial charge in [0.15, 0.2) is 0 Å². The van der Waals surface area contributed by atoms with Crippen molar-refractivity contribution in [2.75, 3.05) is 6.54 Å². The molecule has 0 amide bonds. The molecule has 0 atom stereocenters. The van der Waals surface area contributed by atoms with Gasteiger partial charge < -0.3 is 14.2 Å². The highest BCUT2D eigenvalue weighted by Crippen LogP contribution is 2.27. The summed E-state index contributed by atoms with van der Waals surface area (Å²) in [6.07, 6.45) is 1.90. The first-order valence-electron chi connectivity index (χ1n) is 7.79. The summed E-state index contributed by atoms with van der Waals surface area (Å²) in [5.74, 6) is -1.51. The van der Waals surface area contributed by atoms with Gasteiger partial charge in [-0.25, -0.2) is 13.2 Å². The van der Waals surface area contributed by atoms with Crippen molar-refractivity contribution < 1.29 is 23.1 Å². The van der Waals surface area contributed by atoms with Gasteiger partial charge in [-0.3, -0.25) is 4.79 Å². The Labute approximate surface area is 145 Å². The monoisotopic (exact) mass is 365 g/mol. The van der Waals surface area contributed by atoms with Gasteiger partial charge in [-0.15, -0.1) is 0 Å². The molecule has 9 heteroatoms. The fraction of sp³-hybridized carbons (Fsp3) is 0.375. The Morgan fingerprint density at radius 3 is 2.64 bits per heavy atom. The van der Waals surface area contributed by atoms with Gasteiger partial charge in [-0.05, 0) is 32.0 Å².